The van der Waals surface area contributed by atoms with Gasteiger partial charge < -0.3 is 10.5 Å². The maximum absolute atomic E-state index is 11.6. The second kappa shape index (κ2) is 7.29. The van der Waals surface area contributed by atoms with Gasteiger partial charge in [-0.3, -0.25) is 14.4 Å². The largest absolute Gasteiger partial charge is 0.481 e. The Morgan fingerprint density at radius 2 is 2.00 bits per heavy atom. The fraction of sp³-hybridized carbons (Fsp3) is 0.333. The number of hydroxylamine groups is 1. The Morgan fingerprint density at radius 3 is 2.56 bits per heavy atom. The molecule has 0 aliphatic carbocycles. The van der Waals surface area contributed by atoms with E-state index in [0.29, 0.717) is 12.2 Å². The van der Waals surface area contributed by atoms with Gasteiger partial charge in [0, 0.05) is 0 Å². The molecule has 0 radical (unpaired) electrons. The van der Waals surface area contributed by atoms with Gasteiger partial charge in [0.25, 0.3) is 5.91 Å². The molecule has 0 aromatic heterocycles. The Labute approximate surface area is 105 Å². The van der Waals surface area contributed by atoms with Gasteiger partial charge in [0.15, 0.2) is 12.7 Å². The summed E-state index contributed by atoms with van der Waals surface area (Å²) in [6, 6.07) is 8.97. The standard InChI is InChI=1S/C12H16N2O4/c1-2-10(12(16)14-17-8-11(13)15)18-9-6-4-3-5-7-9/h3-7,10H,2,8H2,1H3,(H2,13,15)(H,14,16). The number of carbonyl (C=O) groups is 2. The fourth-order valence-corrected chi connectivity index (χ4v) is 1.23. The lowest BCUT2D eigenvalue weighted by molar-refractivity contribution is -0.143. The van der Waals surface area contributed by atoms with Crippen LogP contribution < -0.4 is 16.0 Å². The number of nitrogens with two attached hydrogens (primary N) is 1. The fourth-order valence-electron chi connectivity index (χ4n) is 1.23. The first kappa shape index (κ1) is 14.0. The molecule has 1 rings (SSSR count). The first-order valence-corrected chi connectivity index (χ1v) is 5.55. The molecule has 0 saturated carbocycles. The highest BCUT2D eigenvalue weighted by atomic mass is 16.7. The van der Waals surface area contributed by atoms with Gasteiger partial charge in [0.1, 0.15) is 5.75 Å². The first-order chi connectivity index (χ1) is 8.63. The number of benzene rings is 1. The van der Waals surface area contributed by atoms with E-state index in [-0.39, 0.29) is 6.61 Å². The molecule has 6 heteroatoms. The van der Waals surface area contributed by atoms with Crippen molar-refractivity contribution >= 4 is 11.8 Å². The molecule has 1 aromatic rings. The van der Waals surface area contributed by atoms with Crippen molar-refractivity contribution in [3.05, 3.63) is 30.3 Å². The average molecular weight is 252 g/mol. The Balaban J connectivity index is 2.45. The number of primary amides is 1. The van der Waals surface area contributed by atoms with E-state index in [4.69, 9.17) is 10.5 Å². The molecule has 1 unspecified atom stereocenters. The van der Waals surface area contributed by atoms with Crippen molar-refractivity contribution in [1.29, 1.82) is 0 Å². The molecule has 0 saturated heterocycles. The van der Waals surface area contributed by atoms with Crippen molar-refractivity contribution in [1.82, 2.24) is 5.48 Å². The van der Waals surface area contributed by atoms with Gasteiger partial charge in [-0.1, -0.05) is 25.1 Å². The third-order valence-electron chi connectivity index (χ3n) is 2.07. The highest BCUT2D eigenvalue weighted by Gasteiger charge is 2.18. The van der Waals surface area contributed by atoms with Crippen LogP contribution in [0.1, 0.15) is 13.3 Å². The highest BCUT2D eigenvalue weighted by Crippen LogP contribution is 2.12. The molecular formula is C12H16N2O4. The first-order valence-electron chi connectivity index (χ1n) is 5.55. The molecule has 0 heterocycles. The van der Waals surface area contributed by atoms with E-state index in [9.17, 15) is 9.59 Å². The number of hydrogen-bond donors (Lipinski definition) is 2. The van der Waals surface area contributed by atoms with Crippen molar-refractivity contribution in [2.24, 2.45) is 5.73 Å². The van der Waals surface area contributed by atoms with Gasteiger partial charge in [-0.15, -0.1) is 0 Å². The predicted molar refractivity (Wildman–Crippen MR) is 64.4 cm³/mol. The third-order valence-corrected chi connectivity index (χ3v) is 2.07. The van der Waals surface area contributed by atoms with Crippen molar-refractivity contribution in [2.45, 2.75) is 19.4 Å². The van der Waals surface area contributed by atoms with Crippen LogP contribution in [-0.4, -0.2) is 24.5 Å². The smallest absolute Gasteiger partial charge is 0.284 e. The minimum Gasteiger partial charge on any atom is -0.481 e. The quantitative estimate of drug-likeness (QED) is 0.686. The van der Waals surface area contributed by atoms with E-state index in [1.807, 2.05) is 18.2 Å². The van der Waals surface area contributed by atoms with E-state index in [1.165, 1.54) is 0 Å². The number of carbonyl (C=O) groups excluding carboxylic acids is 2. The van der Waals surface area contributed by atoms with E-state index >= 15 is 0 Å². The van der Waals surface area contributed by atoms with Gasteiger partial charge >= 0.3 is 0 Å². The second-order valence-corrected chi connectivity index (χ2v) is 3.55. The van der Waals surface area contributed by atoms with Crippen LogP contribution in [-0.2, 0) is 14.4 Å². The van der Waals surface area contributed by atoms with E-state index in [0.717, 1.165) is 0 Å². The van der Waals surface area contributed by atoms with Crippen LogP contribution in [0.5, 0.6) is 5.75 Å². The summed E-state index contributed by atoms with van der Waals surface area (Å²) in [5.74, 6) is -0.524. The Bertz CT molecular complexity index is 394. The zero-order valence-electron chi connectivity index (χ0n) is 10.1. The van der Waals surface area contributed by atoms with Crippen LogP contribution in [0.15, 0.2) is 30.3 Å². The van der Waals surface area contributed by atoms with Crippen LogP contribution >= 0.6 is 0 Å². The Kier molecular flexibility index (Phi) is 5.66. The summed E-state index contributed by atoms with van der Waals surface area (Å²) in [5.41, 5.74) is 6.98. The van der Waals surface area contributed by atoms with E-state index < -0.39 is 17.9 Å². The molecule has 18 heavy (non-hydrogen) atoms. The summed E-state index contributed by atoms with van der Waals surface area (Å²) in [7, 11) is 0. The highest BCUT2D eigenvalue weighted by molar-refractivity contribution is 5.80. The van der Waals surface area contributed by atoms with Gasteiger partial charge in [-0.25, -0.2) is 5.48 Å². The normalized spacial score (nSPS) is 11.6. The number of amides is 2. The number of rotatable bonds is 7. The monoisotopic (exact) mass is 252 g/mol. The summed E-state index contributed by atoms with van der Waals surface area (Å²) in [6.07, 6.45) is -0.207. The van der Waals surface area contributed by atoms with Crippen LogP contribution in [0.4, 0.5) is 0 Å². The van der Waals surface area contributed by atoms with Crippen molar-refractivity contribution in [3.8, 4) is 5.75 Å². The van der Waals surface area contributed by atoms with Crippen LogP contribution in [0, 0.1) is 0 Å². The molecule has 2 amide bonds. The van der Waals surface area contributed by atoms with E-state index in [2.05, 4.69) is 10.3 Å². The summed E-state index contributed by atoms with van der Waals surface area (Å²) in [4.78, 5) is 26.7. The molecule has 0 bridgehead atoms. The molecule has 1 atom stereocenters. The summed E-state index contributed by atoms with van der Waals surface area (Å²) >= 11 is 0. The number of ether oxygens (including phenoxy) is 1. The predicted octanol–water partition coefficient (Wildman–Crippen LogP) is 0.377. The van der Waals surface area contributed by atoms with Crippen LogP contribution in [0.2, 0.25) is 0 Å². The lowest BCUT2D eigenvalue weighted by Crippen LogP contribution is -2.39. The molecular weight excluding hydrogens is 236 g/mol. The Hall–Kier alpha value is -2.08. The van der Waals surface area contributed by atoms with Crippen molar-refractivity contribution in [2.75, 3.05) is 6.61 Å². The van der Waals surface area contributed by atoms with Gasteiger partial charge in [-0.2, -0.15) is 0 Å². The van der Waals surface area contributed by atoms with Crippen molar-refractivity contribution in [3.63, 3.8) is 0 Å². The van der Waals surface area contributed by atoms with Gasteiger partial charge in [0.05, 0.1) is 0 Å². The van der Waals surface area contributed by atoms with Gasteiger partial charge in [0.2, 0.25) is 5.91 Å². The third kappa shape index (κ3) is 4.84. The molecule has 1 aromatic carbocycles. The molecule has 0 spiro atoms. The molecule has 3 N–H and O–H groups in total. The second-order valence-electron chi connectivity index (χ2n) is 3.55. The molecule has 6 nitrogen and oxygen atoms in total. The zero-order chi connectivity index (χ0) is 13.4. The maximum atomic E-state index is 11.6. The molecule has 0 aliphatic rings. The molecule has 0 fully saturated rings. The van der Waals surface area contributed by atoms with E-state index in [1.54, 1.807) is 19.1 Å². The lowest BCUT2D eigenvalue weighted by Gasteiger charge is -2.16. The summed E-state index contributed by atoms with van der Waals surface area (Å²) in [6.45, 7) is 1.44. The van der Waals surface area contributed by atoms with Crippen LogP contribution in [0.3, 0.4) is 0 Å². The molecule has 98 valence electrons. The zero-order valence-corrected chi connectivity index (χ0v) is 10.1. The van der Waals surface area contributed by atoms with Crippen LogP contribution in [0.25, 0.3) is 0 Å². The van der Waals surface area contributed by atoms with Gasteiger partial charge in [-0.05, 0) is 18.6 Å². The number of para-hydroxylation sites is 1. The van der Waals surface area contributed by atoms with Crippen molar-refractivity contribution < 1.29 is 19.2 Å². The topological polar surface area (TPSA) is 90.7 Å². The average Bonchev–Trinajstić information content (AvgIpc) is 2.36. The SMILES string of the molecule is CCC(Oc1ccccc1)C(=O)NOCC(N)=O. The number of hydrogen-bond acceptors (Lipinski definition) is 4. The minimum atomic E-state index is -0.680. The maximum Gasteiger partial charge on any atom is 0.284 e. The summed E-state index contributed by atoms with van der Waals surface area (Å²) < 4.78 is 5.47. The molecule has 0 aliphatic heterocycles. The lowest BCUT2D eigenvalue weighted by atomic mass is 10.2. The minimum absolute atomic E-state index is 0.368. The summed E-state index contributed by atoms with van der Waals surface area (Å²) in [5, 5.41) is 0. The Morgan fingerprint density at radius 1 is 1.33 bits per heavy atom. The number of nitrogens with one attached hydrogen (secondary N) is 1.